The SMILES string of the molecule is COc1cc(C(CC(=O)c2ccccc2)C(C#N)C#N)cc(OC)c1OC. The normalized spacial score (nSPS) is 11.2. The number of methoxy groups -OCH3 is 3. The fraction of sp³-hybridized carbons (Fsp3) is 0.286. The smallest absolute Gasteiger partial charge is 0.203 e. The Labute approximate surface area is 158 Å². The summed E-state index contributed by atoms with van der Waals surface area (Å²) in [6.45, 7) is 0. The second-order valence-electron chi connectivity index (χ2n) is 5.79. The highest BCUT2D eigenvalue weighted by Crippen LogP contribution is 2.42. The fourth-order valence-corrected chi connectivity index (χ4v) is 2.89. The molecule has 6 heteroatoms. The zero-order chi connectivity index (χ0) is 19.8. The molecule has 0 fully saturated rings. The van der Waals surface area contributed by atoms with Gasteiger partial charge in [0.1, 0.15) is 5.92 Å². The Morgan fingerprint density at radius 1 is 0.963 bits per heavy atom. The van der Waals surface area contributed by atoms with Crippen LogP contribution in [0.25, 0.3) is 0 Å². The number of rotatable bonds is 8. The van der Waals surface area contributed by atoms with E-state index in [0.29, 0.717) is 28.4 Å². The van der Waals surface area contributed by atoms with Gasteiger partial charge >= 0.3 is 0 Å². The van der Waals surface area contributed by atoms with Crippen LogP contribution in [0, 0.1) is 28.6 Å². The molecular weight excluding hydrogens is 344 g/mol. The molecule has 0 aliphatic rings. The van der Waals surface area contributed by atoms with Gasteiger partial charge in [-0.15, -0.1) is 0 Å². The third kappa shape index (κ3) is 4.37. The molecule has 0 saturated heterocycles. The quantitative estimate of drug-likeness (QED) is 0.663. The summed E-state index contributed by atoms with van der Waals surface area (Å²) in [6, 6.07) is 16.1. The average Bonchev–Trinajstić information content (AvgIpc) is 2.73. The number of nitrogens with zero attached hydrogens (tertiary/aromatic N) is 2. The summed E-state index contributed by atoms with van der Waals surface area (Å²) in [4.78, 5) is 12.7. The zero-order valence-electron chi connectivity index (χ0n) is 15.4. The summed E-state index contributed by atoms with van der Waals surface area (Å²) in [6.07, 6.45) is 0.00837. The van der Waals surface area contributed by atoms with Crippen molar-refractivity contribution in [1.82, 2.24) is 0 Å². The number of ketones is 1. The standard InChI is InChI=1S/C21H20N2O4/c1-25-19-9-15(10-20(26-2)21(19)27-3)17(16(12-22)13-23)11-18(24)14-7-5-4-6-8-14/h4-10,16-17H,11H2,1-3H3. The molecule has 0 aliphatic heterocycles. The summed E-state index contributed by atoms with van der Waals surface area (Å²) < 4.78 is 16.0. The van der Waals surface area contributed by atoms with Gasteiger partial charge in [0, 0.05) is 17.9 Å². The number of benzene rings is 2. The van der Waals surface area contributed by atoms with Crippen molar-refractivity contribution >= 4 is 5.78 Å². The van der Waals surface area contributed by atoms with E-state index in [0.717, 1.165) is 0 Å². The van der Waals surface area contributed by atoms with Crippen LogP contribution in [-0.4, -0.2) is 27.1 Å². The van der Waals surface area contributed by atoms with Crippen molar-refractivity contribution in [2.24, 2.45) is 5.92 Å². The number of hydrogen-bond acceptors (Lipinski definition) is 6. The zero-order valence-corrected chi connectivity index (χ0v) is 15.4. The number of carbonyl (C=O) groups is 1. The Hall–Kier alpha value is -3.51. The minimum Gasteiger partial charge on any atom is -0.493 e. The lowest BCUT2D eigenvalue weighted by Crippen LogP contribution is -2.15. The molecule has 2 aromatic rings. The minimum absolute atomic E-state index is 0.00837. The first-order valence-corrected chi connectivity index (χ1v) is 8.26. The van der Waals surface area contributed by atoms with Gasteiger partial charge in [-0.05, 0) is 17.7 Å². The third-order valence-electron chi connectivity index (χ3n) is 4.30. The predicted octanol–water partition coefficient (Wildman–Crippen LogP) is 3.73. The Bertz CT molecular complexity index is 842. The van der Waals surface area contributed by atoms with Crippen LogP contribution in [0.5, 0.6) is 17.2 Å². The average molecular weight is 364 g/mol. The van der Waals surface area contributed by atoms with Crippen LogP contribution in [-0.2, 0) is 0 Å². The van der Waals surface area contributed by atoms with E-state index >= 15 is 0 Å². The highest BCUT2D eigenvalue weighted by atomic mass is 16.5. The van der Waals surface area contributed by atoms with E-state index in [2.05, 4.69) is 0 Å². The van der Waals surface area contributed by atoms with E-state index in [4.69, 9.17) is 14.2 Å². The molecule has 0 spiro atoms. The lowest BCUT2D eigenvalue weighted by molar-refractivity contribution is 0.0970. The maximum absolute atomic E-state index is 12.7. The first kappa shape index (κ1) is 19.8. The summed E-state index contributed by atoms with van der Waals surface area (Å²) in [5.41, 5.74) is 1.13. The third-order valence-corrected chi connectivity index (χ3v) is 4.30. The maximum atomic E-state index is 12.7. The van der Waals surface area contributed by atoms with Gasteiger partial charge in [0.25, 0.3) is 0 Å². The molecule has 27 heavy (non-hydrogen) atoms. The Morgan fingerprint density at radius 3 is 1.96 bits per heavy atom. The van der Waals surface area contributed by atoms with Crippen LogP contribution >= 0.6 is 0 Å². The topological polar surface area (TPSA) is 92.3 Å². The first-order valence-electron chi connectivity index (χ1n) is 8.26. The molecule has 0 radical (unpaired) electrons. The molecule has 2 rings (SSSR count). The van der Waals surface area contributed by atoms with Gasteiger partial charge in [-0.25, -0.2) is 0 Å². The van der Waals surface area contributed by atoms with Crippen molar-refractivity contribution in [3.8, 4) is 29.4 Å². The number of nitriles is 2. The largest absolute Gasteiger partial charge is 0.493 e. The lowest BCUT2D eigenvalue weighted by atomic mass is 9.82. The number of ether oxygens (including phenoxy) is 3. The fourth-order valence-electron chi connectivity index (χ4n) is 2.89. The summed E-state index contributed by atoms with van der Waals surface area (Å²) in [7, 11) is 4.46. The summed E-state index contributed by atoms with van der Waals surface area (Å²) in [5, 5.41) is 18.8. The van der Waals surface area contributed by atoms with E-state index < -0.39 is 11.8 Å². The predicted molar refractivity (Wildman–Crippen MR) is 98.9 cm³/mol. The van der Waals surface area contributed by atoms with Crippen LogP contribution in [0.3, 0.4) is 0 Å². The molecule has 0 heterocycles. The van der Waals surface area contributed by atoms with Crippen LogP contribution in [0.15, 0.2) is 42.5 Å². The van der Waals surface area contributed by atoms with E-state index in [9.17, 15) is 15.3 Å². The van der Waals surface area contributed by atoms with Crippen molar-refractivity contribution in [3.63, 3.8) is 0 Å². The molecule has 1 unspecified atom stereocenters. The van der Waals surface area contributed by atoms with Crippen molar-refractivity contribution in [2.75, 3.05) is 21.3 Å². The highest BCUT2D eigenvalue weighted by Gasteiger charge is 2.28. The molecule has 138 valence electrons. The molecule has 1 atom stereocenters. The van der Waals surface area contributed by atoms with Gasteiger partial charge in [0.05, 0.1) is 33.5 Å². The van der Waals surface area contributed by atoms with Crippen molar-refractivity contribution in [3.05, 3.63) is 53.6 Å². The molecular formula is C21H20N2O4. The molecule has 0 bridgehead atoms. The van der Waals surface area contributed by atoms with Crippen molar-refractivity contribution < 1.29 is 19.0 Å². The summed E-state index contributed by atoms with van der Waals surface area (Å²) >= 11 is 0. The first-order chi connectivity index (χ1) is 13.1. The Kier molecular flexibility index (Phi) is 6.79. The minimum atomic E-state index is -1.000. The molecule has 6 nitrogen and oxygen atoms in total. The molecule has 0 saturated carbocycles. The molecule has 0 aromatic heterocycles. The second-order valence-corrected chi connectivity index (χ2v) is 5.79. The second kappa shape index (κ2) is 9.26. The van der Waals surface area contributed by atoms with E-state index in [1.807, 2.05) is 18.2 Å². The Morgan fingerprint density at radius 2 is 1.52 bits per heavy atom. The number of hydrogen-bond donors (Lipinski definition) is 0. The van der Waals surface area contributed by atoms with Gasteiger partial charge in [0.2, 0.25) is 5.75 Å². The monoisotopic (exact) mass is 364 g/mol. The molecule has 0 N–H and O–H groups in total. The van der Waals surface area contributed by atoms with Gasteiger partial charge in [-0.2, -0.15) is 10.5 Å². The van der Waals surface area contributed by atoms with E-state index in [-0.39, 0.29) is 12.2 Å². The lowest BCUT2D eigenvalue weighted by Gasteiger charge is -2.21. The van der Waals surface area contributed by atoms with Crippen LogP contribution in [0.4, 0.5) is 0 Å². The number of Topliss-reactive ketones (excluding diaryl/α,β-unsaturated/α-hetero) is 1. The van der Waals surface area contributed by atoms with Crippen LogP contribution < -0.4 is 14.2 Å². The van der Waals surface area contributed by atoms with Crippen molar-refractivity contribution in [2.45, 2.75) is 12.3 Å². The van der Waals surface area contributed by atoms with E-state index in [1.165, 1.54) is 21.3 Å². The molecule has 0 aliphatic carbocycles. The number of carbonyl (C=O) groups excluding carboxylic acids is 1. The summed E-state index contributed by atoms with van der Waals surface area (Å²) in [5.74, 6) is -0.577. The van der Waals surface area contributed by atoms with Gasteiger partial charge in [-0.3, -0.25) is 4.79 Å². The van der Waals surface area contributed by atoms with Crippen LogP contribution in [0.1, 0.15) is 28.3 Å². The maximum Gasteiger partial charge on any atom is 0.203 e. The molecule has 2 aromatic carbocycles. The van der Waals surface area contributed by atoms with Crippen molar-refractivity contribution in [1.29, 1.82) is 10.5 Å². The Balaban J connectivity index is 2.50. The molecule has 0 amide bonds. The highest BCUT2D eigenvalue weighted by molar-refractivity contribution is 5.96. The van der Waals surface area contributed by atoms with Crippen LogP contribution in [0.2, 0.25) is 0 Å². The van der Waals surface area contributed by atoms with Gasteiger partial charge in [0.15, 0.2) is 17.3 Å². The van der Waals surface area contributed by atoms with E-state index in [1.54, 1.807) is 36.4 Å². The van der Waals surface area contributed by atoms with Gasteiger partial charge in [-0.1, -0.05) is 30.3 Å². The van der Waals surface area contributed by atoms with Gasteiger partial charge < -0.3 is 14.2 Å².